The SMILES string of the molecule is COC1CN(c2ccc(C#N)cn2)CC1C. The van der Waals surface area contributed by atoms with Crippen LogP contribution in [0.15, 0.2) is 18.3 Å². The Morgan fingerprint density at radius 3 is 2.81 bits per heavy atom. The van der Waals surface area contributed by atoms with E-state index in [2.05, 4.69) is 22.9 Å². The first-order valence-electron chi connectivity index (χ1n) is 5.38. The van der Waals surface area contributed by atoms with Crippen molar-refractivity contribution in [1.29, 1.82) is 5.26 Å². The molecule has 4 heteroatoms. The molecule has 1 saturated heterocycles. The van der Waals surface area contributed by atoms with Gasteiger partial charge in [0.1, 0.15) is 11.9 Å². The summed E-state index contributed by atoms with van der Waals surface area (Å²) < 4.78 is 5.40. The minimum Gasteiger partial charge on any atom is -0.379 e. The highest BCUT2D eigenvalue weighted by molar-refractivity contribution is 5.43. The van der Waals surface area contributed by atoms with Gasteiger partial charge >= 0.3 is 0 Å². The fraction of sp³-hybridized carbons (Fsp3) is 0.500. The van der Waals surface area contributed by atoms with E-state index < -0.39 is 0 Å². The van der Waals surface area contributed by atoms with Crippen LogP contribution in [0.1, 0.15) is 12.5 Å². The Kier molecular flexibility index (Phi) is 3.07. The van der Waals surface area contributed by atoms with Gasteiger partial charge in [-0.2, -0.15) is 5.26 Å². The maximum Gasteiger partial charge on any atom is 0.128 e. The second-order valence-electron chi connectivity index (χ2n) is 4.17. The molecule has 0 saturated carbocycles. The average Bonchev–Trinajstić information content (AvgIpc) is 2.71. The monoisotopic (exact) mass is 217 g/mol. The van der Waals surface area contributed by atoms with Crippen molar-refractivity contribution in [2.75, 3.05) is 25.1 Å². The van der Waals surface area contributed by atoms with Crippen LogP contribution >= 0.6 is 0 Å². The standard InChI is InChI=1S/C12H15N3O/c1-9-7-15(8-11(9)16-2)12-4-3-10(5-13)6-14-12/h3-4,6,9,11H,7-8H2,1-2H3. The molecule has 1 aromatic rings. The van der Waals surface area contributed by atoms with Crippen molar-refractivity contribution >= 4 is 5.82 Å². The topological polar surface area (TPSA) is 49.1 Å². The van der Waals surface area contributed by atoms with Crippen molar-refractivity contribution in [1.82, 2.24) is 4.98 Å². The molecular formula is C12H15N3O. The summed E-state index contributed by atoms with van der Waals surface area (Å²) in [6.07, 6.45) is 1.89. The minimum absolute atomic E-state index is 0.275. The number of rotatable bonds is 2. The van der Waals surface area contributed by atoms with E-state index in [4.69, 9.17) is 10.00 Å². The maximum absolute atomic E-state index is 8.69. The van der Waals surface area contributed by atoms with Crippen LogP contribution in [0.25, 0.3) is 0 Å². The molecule has 0 bridgehead atoms. The van der Waals surface area contributed by atoms with Crippen molar-refractivity contribution in [3.05, 3.63) is 23.9 Å². The van der Waals surface area contributed by atoms with Crippen LogP contribution in [0.4, 0.5) is 5.82 Å². The number of pyridine rings is 1. The van der Waals surface area contributed by atoms with Gasteiger partial charge in [0.05, 0.1) is 11.7 Å². The zero-order valence-corrected chi connectivity index (χ0v) is 9.55. The van der Waals surface area contributed by atoms with Crippen LogP contribution in [-0.2, 0) is 4.74 Å². The molecule has 2 atom stereocenters. The van der Waals surface area contributed by atoms with E-state index in [1.807, 2.05) is 6.07 Å². The van der Waals surface area contributed by atoms with Gasteiger partial charge in [0.2, 0.25) is 0 Å². The van der Waals surface area contributed by atoms with Crippen molar-refractivity contribution in [3.8, 4) is 6.07 Å². The smallest absolute Gasteiger partial charge is 0.128 e. The summed E-state index contributed by atoms with van der Waals surface area (Å²) in [6.45, 7) is 4.01. The van der Waals surface area contributed by atoms with Crippen LogP contribution in [0.3, 0.4) is 0 Å². The van der Waals surface area contributed by atoms with Crippen LogP contribution in [0.5, 0.6) is 0 Å². The summed E-state index contributed by atoms with van der Waals surface area (Å²) in [5, 5.41) is 8.69. The fourth-order valence-corrected chi connectivity index (χ4v) is 2.07. The molecule has 0 spiro atoms. The number of aromatic nitrogens is 1. The van der Waals surface area contributed by atoms with E-state index in [9.17, 15) is 0 Å². The first-order valence-corrected chi connectivity index (χ1v) is 5.38. The van der Waals surface area contributed by atoms with E-state index >= 15 is 0 Å². The Morgan fingerprint density at radius 2 is 2.31 bits per heavy atom. The molecule has 2 rings (SSSR count). The molecule has 0 amide bonds. The zero-order valence-electron chi connectivity index (χ0n) is 9.55. The Labute approximate surface area is 95.5 Å². The van der Waals surface area contributed by atoms with Gasteiger partial charge in [-0.05, 0) is 12.1 Å². The second kappa shape index (κ2) is 4.50. The number of ether oxygens (including phenoxy) is 1. The van der Waals surface area contributed by atoms with Gasteiger partial charge in [-0.15, -0.1) is 0 Å². The quantitative estimate of drug-likeness (QED) is 0.751. The third kappa shape index (κ3) is 2.00. The largest absolute Gasteiger partial charge is 0.379 e. The van der Waals surface area contributed by atoms with E-state index in [-0.39, 0.29) is 6.10 Å². The fourth-order valence-electron chi connectivity index (χ4n) is 2.07. The summed E-state index contributed by atoms with van der Waals surface area (Å²) in [4.78, 5) is 6.48. The number of hydrogen-bond donors (Lipinski definition) is 0. The lowest BCUT2D eigenvalue weighted by Gasteiger charge is -2.16. The maximum atomic E-state index is 8.69. The van der Waals surface area contributed by atoms with Gasteiger partial charge in [-0.1, -0.05) is 6.92 Å². The van der Waals surface area contributed by atoms with Crippen molar-refractivity contribution in [3.63, 3.8) is 0 Å². The van der Waals surface area contributed by atoms with Crippen LogP contribution < -0.4 is 4.90 Å². The van der Waals surface area contributed by atoms with Crippen LogP contribution in [0.2, 0.25) is 0 Å². The molecule has 1 aliphatic heterocycles. The molecule has 1 aliphatic rings. The predicted molar refractivity (Wildman–Crippen MR) is 61.1 cm³/mol. The molecule has 0 N–H and O–H groups in total. The number of methoxy groups -OCH3 is 1. The first kappa shape index (κ1) is 10.9. The van der Waals surface area contributed by atoms with E-state index in [0.29, 0.717) is 11.5 Å². The summed E-state index contributed by atoms with van der Waals surface area (Å²) in [5.74, 6) is 1.44. The minimum atomic E-state index is 0.275. The molecule has 16 heavy (non-hydrogen) atoms. The van der Waals surface area contributed by atoms with Crippen molar-refractivity contribution in [2.24, 2.45) is 5.92 Å². The molecular weight excluding hydrogens is 202 g/mol. The summed E-state index contributed by atoms with van der Waals surface area (Å²) in [7, 11) is 1.75. The third-order valence-corrected chi connectivity index (χ3v) is 3.05. The van der Waals surface area contributed by atoms with Gasteiger partial charge in [-0.3, -0.25) is 0 Å². The van der Waals surface area contributed by atoms with Gasteiger partial charge in [0.15, 0.2) is 0 Å². The zero-order chi connectivity index (χ0) is 11.5. The van der Waals surface area contributed by atoms with Crippen LogP contribution in [-0.4, -0.2) is 31.3 Å². The highest BCUT2D eigenvalue weighted by atomic mass is 16.5. The normalized spacial score (nSPS) is 24.4. The van der Waals surface area contributed by atoms with Crippen LogP contribution in [0, 0.1) is 17.2 Å². The Bertz CT molecular complexity index is 396. The van der Waals surface area contributed by atoms with Crippen molar-refractivity contribution < 1.29 is 4.74 Å². The molecule has 1 aromatic heterocycles. The molecule has 2 heterocycles. The van der Waals surface area contributed by atoms with Crippen molar-refractivity contribution in [2.45, 2.75) is 13.0 Å². The number of nitrogens with zero attached hydrogens (tertiary/aromatic N) is 3. The highest BCUT2D eigenvalue weighted by Crippen LogP contribution is 2.23. The Balaban J connectivity index is 2.11. The van der Waals surface area contributed by atoms with Gasteiger partial charge in [0.25, 0.3) is 0 Å². The first-order chi connectivity index (χ1) is 7.74. The molecule has 84 valence electrons. The average molecular weight is 217 g/mol. The molecule has 1 fully saturated rings. The van der Waals surface area contributed by atoms with E-state index in [1.54, 1.807) is 19.4 Å². The van der Waals surface area contributed by atoms with Gasteiger partial charge in [-0.25, -0.2) is 4.98 Å². The summed E-state index contributed by atoms with van der Waals surface area (Å²) in [5.41, 5.74) is 0.597. The van der Waals surface area contributed by atoms with Gasteiger partial charge < -0.3 is 9.64 Å². The lowest BCUT2D eigenvalue weighted by Crippen LogP contribution is -2.23. The number of hydrogen-bond acceptors (Lipinski definition) is 4. The second-order valence-corrected chi connectivity index (χ2v) is 4.17. The molecule has 0 aromatic carbocycles. The van der Waals surface area contributed by atoms with E-state index in [1.165, 1.54) is 0 Å². The molecule has 4 nitrogen and oxygen atoms in total. The predicted octanol–water partition coefficient (Wildman–Crippen LogP) is 1.42. The van der Waals surface area contributed by atoms with Gasteiger partial charge in [0, 0.05) is 32.3 Å². The number of anilines is 1. The van der Waals surface area contributed by atoms with E-state index in [0.717, 1.165) is 18.9 Å². The lowest BCUT2D eigenvalue weighted by molar-refractivity contribution is 0.0899. The third-order valence-electron chi connectivity index (χ3n) is 3.05. The molecule has 0 aliphatic carbocycles. The summed E-state index contributed by atoms with van der Waals surface area (Å²) >= 11 is 0. The highest BCUT2D eigenvalue weighted by Gasteiger charge is 2.29. The molecule has 2 unspecified atom stereocenters. The lowest BCUT2D eigenvalue weighted by atomic mass is 10.1. The number of nitriles is 1. The molecule has 0 radical (unpaired) electrons. The Hall–Kier alpha value is -1.60. The Morgan fingerprint density at radius 1 is 1.50 bits per heavy atom. The summed E-state index contributed by atoms with van der Waals surface area (Å²) in [6, 6.07) is 5.76.